The molecule has 1 fully saturated rings. The number of aryl methyl sites for hydroxylation is 1. The quantitative estimate of drug-likeness (QED) is 0.663. The Morgan fingerprint density at radius 1 is 1.00 bits per heavy atom. The highest BCUT2D eigenvalue weighted by Crippen LogP contribution is 2.22. The van der Waals surface area contributed by atoms with Crippen molar-refractivity contribution in [3.8, 4) is 0 Å². The van der Waals surface area contributed by atoms with E-state index in [9.17, 15) is 14.4 Å². The second kappa shape index (κ2) is 8.12. The summed E-state index contributed by atoms with van der Waals surface area (Å²) in [4.78, 5) is 42.6. The summed E-state index contributed by atoms with van der Waals surface area (Å²) in [5.74, 6) is 0.517. The summed E-state index contributed by atoms with van der Waals surface area (Å²) in [6.07, 6.45) is 0.835. The number of carbonyl (C=O) groups is 3. The van der Waals surface area contributed by atoms with Crippen molar-refractivity contribution in [2.75, 3.05) is 39.3 Å². The number of benzene rings is 1. The maximum atomic E-state index is 12.6. The van der Waals surface area contributed by atoms with Gasteiger partial charge < -0.3 is 9.32 Å². The lowest BCUT2D eigenvalue weighted by atomic mass is 10.1. The van der Waals surface area contributed by atoms with Gasteiger partial charge in [-0.2, -0.15) is 0 Å². The van der Waals surface area contributed by atoms with Crippen LogP contribution in [-0.2, 0) is 11.2 Å². The highest BCUT2D eigenvalue weighted by molar-refractivity contribution is 6.21. The molecule has 2 aliphatic heterocycles. The van der Waals surface area contributed by atoms with E-state index in [1.54, 1.807) is 36.1 Å². The zero-order valence-corrected chi connectivity index (χ0v) is 16.3. The molecular weight excluding hydrogens is 374 g/mol. The van der Waals surface area contributed by atoms with Crippen molar-refractivity contribution in [3.63, 3.8) is 0 Å². The zero-order chi connectivity index (χ0) is 20.4. The van der Waals surface area contributed by atoms with Gasteiger partial charge in [0.05, 0.1) is 11.1 Å². The smallest absolute Gasteiger partial charge is 0.261 e. The first-order valence-corrected chi connectivity index (χ1v) is 9.77. The van der Waals surface area contributed by atoms with Crippen LogP contribution < -0.4 is 0 Å². The largest absolute Gasteiger partial charge is 0.426 e. The first kappa shape index (κ1) is 19.3. The maximum Gasteiger partial charge on any atom is 0.261 e. The van der Waals surface area contributed by atoms with Crippen LogP contribution in [0.15, 0.2) is 28.7 Å². The molecule has 4 rings (SSSR count). The van der Waals surface area contributed by atoms with E-state index in [1.807, 2.05) is 0 Å². The molecule has 9 heteroatoms. The highest BCUT2D eigenvalue weighted by Gasteiger charge is 2.35. The Bertz CT molecular complexity index is 897. The van der Waals surface area contributed by atoms with E-state index < -0.39 is 0 Å². The molecule has 9 nitrogen and oxygen atoms in total. The molecule has 152 valence electrons. The number of carbonyl (C=O) groups excluding carboxylic acids is 3. The maximum absolute atomic E-state index is 12.6. The van der Waals surface area contributed by atoms with Crippen LogP contribution in [-0.4, -0.2) is 81.9 Å². The number of hydrogen-bond donors (Lipinski definition) is 0. The molecule has 0 N–H and O–H groups in total. The number of hydrogen-bond acceptors (Lipinski definition) is 7. The van der Waals surface area contributed by atoms with E-state index >= 15 is 0 Å². The van der Waals surface area contributed by atoms with Crippen molar-refractivity contribution in [3.05, 3.63) is 47.2 Å². The molecule has 3 amide bonds. The second-order valence-electron chi connectivity index (χ2n) is 7.24. The molecule has 1 aromatic heterocycles. The number of piperazine rings is 1. The standard InChI is InChI=1S/C20H23N5O4/c1-14-21-22-17(29-14)6-8-23-10-12-24(13-11-23)18(26)7-9-25-19(27)15-4-2-3-5-16(15)20(25)28/h2-5H,6-13H2,1H3. The first-order chi connectivity index (χ1) is 14.0. The number of nitrogens with zero attached hydrogens (tertiary/aromatic N) is 5. The van der Waals surface area contributed by atoms with E-state index in [4.69, 9.17) is 4.42 Å². The van der Waals surface area contributed by atoms with Crippen LogP contribution in [0, 0.1) is 6.92 Å². The van der Waals surface area contributed by atoms with Crippen LogP contribution in [0.1, 0.15) is 38.9 Å². The van der Waals surface area contributed by atoms with E-state index in [0.29, 0.717) is 42.4 Å². The lowest BCUT2D eigenvalue weighted by molar-refractivity contribution is -0.133. The number of rotatable bonds is 6. The Labute approximate surface area is 168 Å². The van der Waals surface area contributed by atoms with E-state index in [2.05, 4.69) is 15.1 Å². The third-order valence-corrected chi connectivity index (χ3v) is 5.36. The Kier molecular flexibility index (Phi) is 5.39. The van der Waals surface area contributed by atoms with Crippen molar-refractivity contribution in [1.29, 1.82) is 0 Å². The van der Waals surface area contributed by atoms with Crippen LogP contribution in [0.25, 0.3) is 0 Å². The summed E-state index contributed by atoms with van der Waals surface area (Å²) in [5.41, 5.74) is 0.824. The number of imide groups is 1. The summed E-state index contributed by atoms with van der Waals surface area (Å²) in [6, 6.07) is 6.76. The number of fused-ring (bicyclic) bond motifs is 1. The average Bonchev–Trinajstić information content (AvgIpc) is 3.26. The predicted octanol–water partition coefficient (Wildman–Crippen LogP) is 0.751. The summed E-state index contributed by atoms with van der Waals surface area (Å²) < 4.78 is 5.38. The van der Waals surface area contributed by atoms with Gasteiger partial charge in [-0.25, -0.2) is 0 Å². The van der Waals surface area contributed by atoms with Gasteiger partial charge in [-0.1, -0.05) is 12.1 Å². The zero-order valence-electron chi connectivity index (χ0n) is 16.3. The molecule has 0 bridgehead atoms. The molecule has 2 aromatic rings. The fraction of sp³-hybridized carbons (Fsp3) is 0.450. The number of amides is 3. The Balaban J connectivity index is 1.22. The average molecular weight is 397 g/mol. The minimum Gasteiger partial charge on any atom is -0.426 e. The van der Waals surface area contributed by atoms with Gasteiger partial charge in [0.25, 0.3) is 11.8 Å². The summed E-state index contributed by atoms with van der Waals surface area (Å²) in [6.45, 7) is 5.48. The van der Waals surface area contributed by atoms with Crippen LogP contribution in [0.2, 0.25) is 0 Å². The van der Waals surface area contributed by atoms with Gasteiger partial charge in [0, 0.05) is 59.0 Å². The van der Waals surface area contributed by atoms with Gasteiger partial charge in [-0.05, 0) is 12.1 Å². The first-order valence-electron chi connectivity index (χ1n) is 9.77. The van der Waals surface area contributed by atoms with Crippen LogP contribution >= 0.6 is 0 Å². The van der Waals surface area contributed by atoms with Gasteiger partial charge in [-0.15, -0.1) is 10.2 Å². The molecule has 0 unspecified atom stereocenters. The van der Waals surface area contributed by atoms with Crippen molar-refractivity contribution in [1.82, 2.24) is 24.9 Å². The van der Waals surface area contributed by atoms with Crippen LogP contribution in [0.5, 0.6) is 0 Å². The van der Waals surface area contributed by atoms with Gasteiger partial charge in [0.2, 0.25) is 17.7 Å². The minimum atomic E-state index is -0.320. The lowest BCUT2D eigenvalue weighted by Crippen LogP contribution is -2.49. The molecular formula is C20H23N5O4. The van der Waals surface area contributed by atoms with E-state index in [1.165, 1.54) is 4.90 Å². The molecule has 1 aromatic carbocycles. The Morgan fingerprint density at radius 2 is 1.66 bits per heavy atom. The predicted molar refractivity (Wildman–Crippen MR) is 102 cm³/mol. The van der Waals surface area contributed by atoms with Crippen LogP contribution in [0.4, 0.5) is 0 Å². The van der Waals surface area contributed by atoms with Gasteiger partial charge in [0.15, 0.2) is 0 Å². The SMILES string of the molecule is Cc1nnc(CCN2CCN(C(=O)CCN3C(=O)c4ccccc4C3=O)CC2)o1. The third-order valence-electron chi connectivity index (χ3n) is 5.36. The van der Waals surface area contributed by atoms with Crippen LogP contribution in [0.3, 0.4) is 0 Å². The molecule has 0 spiro atoms. The van der Waals surface area contributed by atoms with Crippen molar-refractivity contribution in [2.24, 2.45) is 0 Å². The molecule has 0 saturated carbocycles. The number of aromatic nitrogens is 2. The fourth-order valence-electron chi connectivity index (χ4n) is 3.72. The molecule has 0 atom stereocenters. The van der Waals surface area contributed by atoms with Gasteiger partial charge in [0.1, 0.15) is 0 Å². The fourth-order valence-corrected chi connectivity index (χ4v) is 3.72. The third kappa shape index (κ3) is 4.04. The minimum absolute atomic E-state index is 0.0336. The van der Waals surface area contributed by atoms with Gasteiger partial charge in [-0.3, -0.25) is 24.2 Å². The molecule has 2 aliphatic rings. The molecule has 3 heterocycles. The summed E-state index contributed by atoms with van der Waals surface area (Å²) in [5, 5.41) is 7.82. The van der Waals surface area contributed by atoms with Crippen molar-refractivity contribution >= 4 is 17.7 Å². The highest BCUT2D eigenvalue weighted by atomic mass is 16.4. The molecule has 0 aliphatic carbocycles. The molecule has 0 radical (unpaired) electrons. The Morgan fingerprint density at radius 3 is 2.24 bits per heavy atom. The van der Waals surface area contributed by atoms with E-state index in [0.717, 1.165) is 19.6 Å². The van der Waals surface area contributed by atoms with Crippen molar-refractivity contribution < 1.29 is 18.8 Å². The monoisotopic (exact) mass is 397 g/mol. The summed E-state index contributed by atoms with van der Waals surface area (Å²) in [7, 11) is 0. The lowest BCUT2D eigenvalue weighted by Gasteiger charge is -2.34. The van der Waals surface area contributed by atoms with E-state index in [-0.39, 0.29) is 30.7 Å². The molecule has 1 saturated heterocycles. The summed E-state index contributed by atoms with van der Waals surface area (Å²) >= 11 is 0. The normalized spacial score (nSPS) is 17.1. The van der Waals surface area contributed by atoms with Crippen molar-refractivity contribution in [2.45, 2.75) is 19.8 Å². The molecule has 29 heavy (non-hydrogen) atoms. The topological polar surface area (TPSA) is 99.9 Å². The van der Waals surface area contributed by atoms with Gasteiger partial charge >= 0.3 is 0 Å². The Hall–Kier alpha value is -3.07. The second-order valence-corrected chi connectivity index (χ2v) is 7.24.